The van der Waals surface area contributed by atoms with Gasteiger partial charge in [-0.3, -0.25) is 0 Å². The molecule has 0 unspecified atom stereocenters. The third-order valence-corrected chi connectivity index (χ3v) is 3.68. The van der Waals surface area contributed by atoms with Crippen molar-refractivity contribution in [2.45, 2.75) is 45.1 Å². The first-order valence-electron chi connectivity index (χ1n) is 5.12. The first-order chi connectivity index (χ1) is 6.62. The SMILES string of the molecule is CC1(C)CCC(O)(CNS(N)(=O)=O)CC1. The largest absolute Gasteiger partial charge is 0.389 e. The van der Waals surface area contributed by atoms with Crippen LogP contribution in [0.2, 0.25) is 0 Å². The van der Waals surface area contributed by atoms with E-state index >= 15 is 0 Å². The quantitative estimate of drug-likeness (QED) is 0.649. The fraction of sp³-hybridized carbons (Fsp3) is 1.00. The molecule has 0 spiro atoms. The van der Waals surface area contributed by atoms with E-state index in [1.807, 2.05) is 0 Å². The van der Waals surface area contributed by atoms with Crippen LogP contribution < -0.4 is 9.86 Å². The zero-order valence-corrected chi connectivity index (χ0v) is 10.1. The van der Waals surface area contributed by atoms with Crippen LogP contribution in [0.15, 0.2) is 0 Å². The Morgan fingerprint density at radius 3 is 2.13 bits per heavy atom. The molecule has 5 nitrogen and oxygen atoms in total. The van der Waals surface area contributed by atoms with E-state index in [-0.39, 0.29) is 12.0 Å². The first kappa shape index (κ1) is 12.9. The van der Waals surface area contributed by atoms with Crippen molar-refractivity contribution in [1.29, 1.82) is 0 Å². The van der Waals surface area contributed by atoms with Gasteiger partial charge in [0.05, 0.1) is 5.60 Å². The third-order valence-electron chi connectivity index (χ3n) is 3.14. The van der Waals surface area contributed by atoms with E-state index in [0.29, 0.717) is 12.8 Å². The Bertz CT molecular complexity index is 314. The molecule has 0 aromatic rings. The number of aliphatic hydroxyl groups is 1. The molecule has 0 aliphatic heterocycles. The predicted molar refractivity (Wildman–Crippen MR) is 58.3 cm³/mol. The molecule has 0 saturated heterocycles. The van der Waals surface area contributed by atoms with Gasteiger partial charge in [-0.2, -0.15) is 13.1 Å². The Morgan fingerprint density at radius 2 is 1.73 bits per heavy atom. The van der Waals surface area contributed by atoms with E-state index in [0.717, 1.165) is 12.8 Å². The number of hydrogen-bond acceptors (Lipinski definition) is 3. The van der Waals surface area contributed by atoms with Crippen LogP contribution in [0.4, 0.5) is 0 Å². The number of hydrogen-bond donors (Lipinski definition) is 3. The average molecular weight is 236 g/mol. The van der Waals surface area contributed by atoms with Gasteiger partial charge in [-0.25, -0.2) is 5.14 Å². The van der Waals surface area contributed by atoms with Crippen LogP contribution in [0.3, 0.4) is 0 Å². The molecule has 0 radical (unpaired) electrons. The second kappa shape index (κ2) is 4.01. The molecule has 90 valence electrons. The molecule has 0 heterocycles. The molecule has 1 aliphatic carbocycles. The topological polar surface area (TPSA) is 92.4 Å². The van der Waals surface area contributed by atoms with E-state index in [9.17, 15) is 13.5 Å². The van der Waals surface area contributed by atoms with Crippen LogP contribution in [0.5, 0.6) is 0 Å². The van der Waals surface area contributed by atoms with Crippen molar-refractivity contribution >= 4 is 10.2 Å². The molecule has 1 rings (SSSR count). The van der Waals surface area contributed by atoms with Gasteiger partial charge in [0.2, 0.25) is 0 Å². The molecule has 0 bridgehead atoms. The highest BCUT2D eigenvalue weighted by atomic mass is 32.2. The molecule has 1 saturated carbocycles. The standard InChI is InChI=1S/C9H20N2O3S/c1-8(2)3-5-9(12,6-4-8)7-11-15(10,13)14/h11-12H,3-7H2,1-2H3,(H2,10,13,14). The number of nitrogens with one attached hydrogen (secondary N) is 1. The molecule has 6 heteroatoms. The van der Waals surface area contributed by atoms with Crippen LogP contribution in [-0.2, 0) is 10.2 Å². The highest BCUT2D eigenvalue weighted by Gasteiger charge is 2.36. The molecule has 0 atom stereocenters. The lowest BCUT2D eigenvalue weighted by molar-refractivity contribution is -0.0205. The van der Waals surface area contributed by atoms with Crippen LogP contribution in [0.1, 0.15) is 39.5 Å². The van der Waals surface area contributed by atoms with E-state index in [2.05, 4.69) is 18.6 Å². The van der Waals surface area contributed by atoms with E-state index < -0.39 is 15.8 Å². The van der Waals surface area contributed by atoms with Crippen molar-refractivity contribution in [3.05, 3.63) is 0 Å². The van der Waals surface area contributed by atoms with E-state index in [4.69, 9.17) is 5.14 Å². The summed E-state index contributed by atoms with van der Waals surface area (Å²) < 4.78 is 23.6. The fourth-order valence-corrected chi connectivity index (χ4v) is 2.27. The van der Waals surface area contributed by atoms with Crippen LogP contribution >= 0.6 is 0 Å². The zero-order valence-electron chi connectivity index (χ0n) is 9.28. The maximum absolute atomic E-state index is 10.7. The summed E-state index contributed by atoms with van der Waals surface area (Å²) in [4.78, 5) is 0. The van der Waals surface area contributed by atoms with Crippen molar-refractivity contribution in [2.75, 3.05) is 6.54 Å². The van der Waals surface area contributed by atoms with Gasteiger partial charge in [0, 0.05) is 6.54 Å². The Labute approximate surface area is 91.2 Å². The molecule has 0 aromatic heterocycles. The molecule has 4 N–H and O–H groups in total. The summed E-state index contributed by atoms with van der Waals surface area (Å²) in [6, 6.07) is 0. The van der Waals surface area contributed by atoms with Gasteiger partial charge in [0.1, 0.15) is 0 Å². The van der Waals surface area contributed by atoms with Crippen LogP contribution in [0, 0.1) is 5.41 Å². The summed E-state index contributed by atoms with van der Waals surface area (Å²) in [5.74, 6) is 0. The van der Waals surface area contributed by atoms with Crippen molar-refractivity contribution in [3.8, 4) is 0 Å². The smallest absolute Gasteiger partial charge is 0.274 e. The van der Waals surface area contributed by atoms with Crippen molar-refractivity contribution in [1.82, 2.24) is 4.72 Å². The van der Waals surface area contributed by atoms with Crippen molar-refractivity contribution < 1.29 is 13.5 Å². The maximum Gasteiger partial charge on any atom is 0.274 e. The van der Waals surface area contributed by atoms with Crippen molar-refractivity contribution in [3.63, 3.8) is 0 Å². The molecule has 15 heavy (non-hydrogen) atoms. The monoisotopic (exact) mass is 236 g/mol. The lowest BCUT2D eigenvalue weighted by Gasteiger charge is -2.40. The minimum atomic E-state index is -3.70. The second-order valence-corrected chi connectivity index (χ2v) is 6.63. The highest BCUT2D eigenvalue weighted by Crippen LogP contribution is 2.39. The molecule has 1 fully saturated rings. The Balaban J connectivity index is 2.49. The Kier molecular flexibility index (Phi) is 3.45. The molecule has 0 amide bonds. The van der Waals surface area contributed by atoms with E-state index in [1.165, 1.54) is 0 Å². The summed E-state index contributed by atoms with van der Waals surface area (Å²) >= 11 is 0. The highest BCUT2D eigenvalue weighted by molar-refractivity contribution is 7.87. The average Bonchev–Trinajstić information content (AvgIpc) is 2.07. The Morgan fingerprint density at radius 1 is 1.27 bits per heavy atom. The number of nitrogens with two attached hydrogens (primary N) is 1. The normalized spacial score (nSPS) is 25.1. The van der Waals surface area contributed by atoms with E-state index in [1.54, 1.807) is 0 Å². The minimum absolute atomic E-state index is 0.0158. The zero-order chi connectivity index (χ0) is 11.7. The van der Waals surface area contributed by atoms with Gasteiger partial charge in [-0.1, -0.05) is 13.8 Å². The fourth-order valence-electron chi connectivity index (χ4n) is 1.80. The maximum atomic E-state index is 10.7. The molecule has 1 aliphatic rings. The minimum Gasteiger partial charge on any atom is -0.389 e. The van der Waals surface area contributed by atoms with Gasteiger partial charge >= 0.3 is 0 Å². The summed E-state index contributed by atoms with van der Waals surface area (Å²) in [6.45, 7) is 4.32. The summed E-state index contributed by atoms with van der Waals surface area (Å²) in [6.07, 6.45) is 3.02. The summed E-state index contributed by atoms with van der Waals surface area (Å²) in [7, 11) is -3.70. The van der Waals surface area contributed by atoms with Gasteiger partial charge in [-0.05, 0) is 31.1 Å². The molecular formula is C9H20N2O3S. The van der Waals surface area contributed by atoms with Crippen LogP contribution in [0.25, 0.3) is 0 Å². The van der Waals surface area contributed by atoms with Gasteiger partial charge in [0.25, 0.3) is 10.2 Å². The van der Waals surface area contributed by atoms with Gasteiger partial charge < -0.3 is 5.11 Å². The van der Waals surface area contributed by atoms with Crippen molar-refractivity contribution in [2.24, 2.45) is 10.6 Å². The van der Waals surface area contributed by atoms with Crippen LogP contribution in [-0.4, -0.2) is 25.7 Å². The van der Waals surface area contributed by atoms with Gasteiger partial charge in [0.15, 0.2) is 0 Å². The van der Waals surface area contributed by atoms with Gasteiger partial charge in [-0.15, -0.1) is 0 Å². The molecular weight excluding hydrogens is 216 g/mol. The lowest BCUT2D eigenvalue weighted by atomic mass is 9.71. The first-order valence-corrected chi connectivity index (χ1v) is 6.66. The second-order valence-electron chi connectivity index (χ2n) is 5.25. The summed E-state index contributed by atoms with van der Waals surface area (Å²) in [5.41, 5.74) is -0.685. The molecule has 0 aromatic carbocycles. The predicted octanol–water partition coefficient (Wildman–Crippen LogP) is 0.111. The third kappa shape index (κ3) is 4.46. The lowest BCUT2D eigenvalue weighted by Crippen LogP contribution is -2.48. The Hall–Kier alpha value is -0.170. The number of rotatable bonds is 3. The summed E-state index contributed by atoms with van der Waals surface area (Å²) in [5, 5.41) is 14.9.